The van der Waals surface area contributed by atoms with Crippen LogP contribution in [0.1, 0.15) is 12.5 Å². The van der Waals surface area contributed by atoms with Gasteiger partial charge in [0.25, 0.3) is 5.56 Å². The number of nitriles is 1. The highest BCUT2D eigenvalue weighted by Crippen LogP contribution is 1.99. The summed E-state index contributed by atoms with van der Waals surface area (Å²) in [4.78, 5) is 35.8. The van der Waals surface area contributed by atoms with Crippen LogP contribution in [-0.2, 0) is 22.6 Å². The van der Waals surface area contributed by atoms with E-state index in [0.717, 1.165) is 10.1 Å². The molecule has 0 N–H and O–H groups in total. The lowest BCUT2D eigenvalue weighted by molar-refractivity contribution is -0.146. The van der Waals surface area contributed by atoms with Crippen molar-refractivity contribution in [3.8, 4) is 6.07 Å². The number of carbonyl (C=O) groups is 1. The maximum absolute atomic E-state index is 12.3. The number of esters is 1. The third kappa shape index (κ3) is 4.17. The Bertz CT molecular complexity index is 846. The molecule has 0 radical (unpaired) electrons. The zero-order valence-corrected chi connectivity index (χ0v) is 12.5. The fraction of sp³-hybridized carbons (Fsp3) is 0.250. The largest absolute Gasteiger partial charge is 0.446 e. The summed E-state index contributed by atoms with van der Waals surface area (Å²) < 4.78 is 6.88. The molecule has 0 aliphatic carbocycles. The average Bonchev–Trinajstić information content (AvgIpc) is 2.55. The Morgan fingerprint density at radius 3 is 2.61 bits per heavy atom. The summed E-state index contributed by atoms with van der Waals surface area (Å²) >= 11 is 0. The number of benzene rings is 1. The van der Waals surface area contributed by atoms with E-state index in [0.29, 0.717) is 0 Å². The first-order valence-corrected chi connectivity index (χ1v) is 6.94. The Labute approximate surface area is 132 Å². The summed E-state index contributed by atoms with van der Waals surface area (Å²) in [6, 6.07) is 12.2. The summed E-state index contributed by atoms with van der Waals surface area (Å²) in [5.74, 6) is -0.810. The molecule has 0 unspecified atom stereocenters. The molecule has 1 heterocycles. The quantitative estimate of drug-likeness (QED) is 0.750. The molecule has 0 fully saturated rings. The standard InChI is InChI=1S/C16H15N3O4/c1-12(9-17)23-15(21)11-19-14(20)7-8-18(16(19)22)10-13-5-3-2-4-6-13/h2-8,12H,10-11H2,1H3/t12-/m1/s1. The molecule has 0 amide bonds. The third-order valence-electron chi connectivity index (χ3n) is 3.11. The van der Waals surface area contributed by atoms with Gasteiger partial charge in [0, 0.05) is 12.3 Å². The van der Waals surface area contributed by atoms with Gasteiger partial charge in [0.1, 0.15) is 12.6 Å². The second kappa shape index (κ2) is 7.22. The lowest BCUT2D eigenvalue weighted by Crippen LogP contribution is -2.41. The highest BCUT2D eigenvalue weighted by Gasteiger charge is 2.13. The van der Waals surface area contributed by atoms with Gasteiger partial charge in [0.2, 0.25) is 0 Å². The first-order chi connectivity index (χ1) is 11.0. The Kier molecular flexibility index (Phi) is 5.10. The molecule has 118 valence electrons. The molecule has 1 aromatic carbocycles. The first-order valence-electron chi connectivity index (χ1n) is 6.94. The van der Waals surface area contributed by atoms with Crippen LogP contribution in [0.5, 0.6) is 0 Å². The second-order valence-electron chi connectivity index (χ2n) is 4.90. The zero-order chi connectivity index (χ0) is 16.8. The van der Waals surface area contributed by atoms with Crippen molar-refractivity contribution in [2.75, 3.05) is 0 Å². The molecule has 2 rings (SSSR count). The van der Waals surface area contributed by atoms with Crippen LogP contribution in [0.2, 0.25) is 0 Å². The van der Waals surface area contributed by atoms with Crippen molar-refractivity contribution in [2.24, 2.45) is 0 Å². The van der Waals surface area contributed by atoms with Gasteiger partial charge in [0.05, 0.1) is 6.54 Å². The van der Waals surface area contributed by atoms with E-state index < -0.39 is 29.9 Å². The lowest BCUT2D eigenvalue weighted by atomic mass is 10.2. The van der Waals surface area contributed by atoms with Crippen molar-refractivity contribution in [3.63, 3.8) is 0 Å². The van der Waals surface area contributed by atoms with E-state index in [-0.39, 0.29) is 6.54 Å². The van der Waals surface area contributed by atoms with Crippen LogP contribution in [0.4, 0.5) is 0 Å². The number of nitrogens with zero attached hydrogens (tertiary/aromatic N) is 3. The van der Waals surface area contributed by atoms with E-state index in [1.165, 1.54) is 23.8 Å². The Hall–Kier alpha value is -3.14. The minimum absolute atomic E-state index is 0.281. The van der Waals surface area contributed by atoms with Gasteiger partial charge in [-0.2, -0.15) is 5.26 Å². The number of carbonyl (C=O) groups excluding carboxylic acids is 1. The van der Waals surface area contributed by atoms with Gasteiger partial charge in [-0.3, -0.25) is 14.2 Å². The molecule has 23 heavy (non-hydrogen) atoms. The lowest BCUT2D eigenvalue weighted by Gasteiger charge is -2.10. The Morgan fingerprint density at radius 2 is 1.96 bits per heavy atom. The minimum Gasteiger partial charge on any atom is -0.446 e. The van der Waals surface area contributed by atoms with Crippen LogP contribution in [0.15, 0.2) is 52.2 Å². The van der Waals surface area contributed by atoms with Gasteiger partial charge >= 0.3 is 11.7 Å². The Balaban J connectivity index is 2.26. The summed E-state index contributed by atoms with van der Waals surface area (Å²) in [5.41, 5.74) is -0.315. The number of hydrogen-bond acceptors (Lipinski definition) is 5. The molecule has 0 bridgehead atoms. The predicted octanol–water partition coefficient (Wildman–Crippen LogP) is 0.514. The van der Waals surface area contributed by atoms with Crippen molar-refractivity contribution < 1.29 is 9.53 Å². The SMILES string of the molecule is C[C@H](C#N)OC(=O)Cn1c(=O)ccn(Cc2ccccc2)c1=O. The number of hydrogen-bond donors (Lipinski definition) is 0. The van der Waals surface area contributed by atoms with Crippen LogP contribution >= 0.6 is 0 Å². The summed E-state index contributed by atoms with van der Waals surface area (Å²) in [6.07, 6.45) is 0.450. The van der Waals surface area contributed by atoms with Crippen molar-refractivity contribution in [2.45, 2.75) is 26.1 Å². The van der Waals surface area contributed by atoms with E-state index in [1.807, 2.05) is 30.3 Å². The molecule has 0 saturated carbocycles. The van der Waals surface area contributed by atoms with Crippen LogP contribution in [-0.4, -0.2) is 21.2 Å². The third-order valence-corrected chi connectivity index (χ3v) is 3.11. The molecule has 2 aromatic rings. The highest BCUT2D eigenvalue weighted by atomic mass is 16.5. The number of rotatable bonds is 5. The highest BCUT2D eigenvalue weighted by molar-refractivity contribution is 5.69. The summed E-state index contributed by atoms with van der Waals surface area (Å²) in [7, 11) is 0. The maximum atomic E-state index is 12.3. The first kappa shape index (κ1) is 16.2. The number of ether oxygens (including phenoxy) is 1. The predicted molar refractivity (Wildman–Crippen MR) is 81.7 cm³/mol. The molecule has 7 nitrogen and oxygen atoms in total. The topological polar surface area (TPSA) is 94.1 Å². The van der Waals surface area contributed by atoms with Gasteiger partial charge in [-0.1, -0.05) is 30.3 Å². The fourth-order valence-electron chi connectivity index (χ4n) is 1.99. The van der Waals surface area contributed by atoms with Crippen molar-refractivity contribution in [3.05, 3.63) is 69.0 Å². The molecular formula is C16H15N3O4. The van der Waals surface area contributed by atoms with Gasteiger partial charge < -0.3 is 4.74 Å². The van der Waals surface area contributed by atoms with Crippen LogP contribution in [0.25, 0.3) is 0 Å². The van der Waals surface area contributed by atoms with Crippen LogP contribution < -0.4 is 11.2 Å². The Morgan fingerprint density at radius 1 is 1.26 bits per heavy atom. The van der Waals surface area contributed by atoms with Gasteiger partial charge in [-0.25, -0.2) is 9.36 Å². The van der Waals surface area contributed by atoms with Gasteiger partial charge in [-0.05, 0) is 12.5 Å². The molecule has 7 heteroatoms. The van der Waals surface area contributed by atoms with Crippen LogP contribution in [0, 0.1) is 11.3 Å². The average molecular weight is 313 g/mol. The van der Waals surface area contributed by atoms with E-state index >= 15 is 0 Å². The van der Waals surface area contributed by atoms with Crippen molar-refractivity contribution in [1.29, 1.82) is 5.26 Å². The van der Waals surface area contributed by atoms with E-state index in [1.54, 1.807) is 6.07 Å². The van der Waals surface area contributed by atoms with Crippen molar-refractivity contribution in [1.82, 2.24) is 9.13 Å². The molecule has 1 aromatic heterocycles. The molecule has 0 aliphatic heterocycles. The monoisotopic (exact) mass is 313 g/mol. The molecule has 0 spiro atoms. The second-order valence-corrected chi connectivity index (χ2v) is 4.90. The van der Waals surface area contributed by atoms with Crippen molar-refractivity contribution >= 4 is 5.97 Å². The van der Waals surface area contributed by atoms with E-state index in [2.05, 4.69) is 0 Å². The smallest absolute Gasteiger partial charge is 0.331 e. The minimum atomic E-state index is -0.937. The van der Waals surface area contributed by atoms with Gasteiger partial charge in [0.15, 0.2) is 6.10 Å². The van der Waals surface area contributed by atoms with E-state index in [9.17, 15) is 14.4 Å². The zero-order valence-electron chi connectivity index (χ0n) is 12.5. The van der Waals surface area contributed by atoms with Crippen LogP contribution in [0.3, 0.4) is 0 Å². The van der Waals surface area contributed by atoms with E-state index in [4.69, 9.17) is 10.00 Å². The van der Waals surface area contributed by atoms with Gasteiger partial charge in [-0.15, -0.1) is 0 Å². The fourth-order valence-corrected chi connectivity index (χ4v) is 1.99. The molecule has 0 saturated heterocycles. The number of aromatic nitrogens is 2. The molecular weight excluding hydrogens is 298 g/mol. The normalized spacial score (nSPS) is 11.5. The maximum Gasteiger partial charge on any atom is 0.331 e. The summed E-state index contributed by atoms with van der Waals surface area (Å²) in [6.45, 7) is 1.16. The summed E-state index contributed by atoms with van der Waals surface area (Å²) in [5, 5.41) is 8.61. The molecule has 0 aliphatic rings. The molecule has 1 atom stereocenters.